The molecule has 0 unspecified atom stereocenters. The summed E-state index contributed by atoms with van der Waals surface area (Å²) in [5.74, 6) is 0.0250. The van der Waals surface area contributed by atoms with Crippen molar-refractivity contribution in [2.45, 2.75) is 6.42 Å². The second-order valence-electron chi connectivity index (χ2n) is 2.63. The van der Waals surface area contributed by atoms with E-state index in [4.69, 9.17) is 9.47 Å². The molecule has 14 heavy (non-hydrogen) atoms. The standard InChI is InChI=1S/C10H11FO3/c1-13-9-4-3-8(11)10(14-2)7(9)5-6-12/h3-4,6H,5H2,1-2H3. The van der Waals surface area contributed by atoms with E-state index in [0.29, 0.717) is 17.6 Å². The van der Waals surface area contributed by atoms with Gasteiger partial charge in [0, 0.05) is 12.0 Å². The fraction of sp³-hybridized carbons (Fsp3) is 0.300. The minimum atomic E-state index is -0.495. The van der Waals surface area contributed by atoms with Crippen molar-refractivity contribution in [3.8, 4) is 11.5 Å². The minimum absolute atomic E-state index is 0.0662. The van der Waals surface area contributed by atoms with Crippen LogP contribution in [0.5, 0.6) is 11.5 Å². The number of carbonyl (C=O) groups is 1. The third-order valence-electron chi connectivity index (χ3n) is 1.88. The highest BCUT2D eigenvalue weighted by Gasteiger charge is 2.13. The molecule has 0 fully saturated rings. The van der Waals surface area contributed by atoms with Gasteiger partial charge in [-0.05, 0) is 12.1 Å². The maximum absolute atomic E-state index is 13.2. The van der Waals surface area contributed by atoms with Gasteiger partial charge in [-0.15, -0.1) is 0 Å². The monoisotopic (exact) mass is 198 g/mol. The molecular weight excluding hydrogens is 187 g/mol. The molecule has 3 nitrogen and oxygen atoms in total. The van der Waals surface area contributed by atoms with Gasteiger partial charge in [-0.3, -0.25) is 0 Å². The van der Waals surface area contributed by atoms with Crippen molar-refractivity contribution in [1.82, 2.24) is 0 Å². The number of ether oxygens (including phenoxy) is 2. The maximum Gasteiger partial charge on any atom is 0.165 e. The van der Waals surface area contributed by atoms with Gasteiger partial charge in [0.1, 0.15) is 12.0 Å². The molecule has 1 rings (SSSR count). The molecule has 0 atom stereocenters. The van der Waals surface area contributed by atoms with Gasteiger partial charge in [0.25, 0.3) is 0 Å². The highest BCUT2D eigenvalue weighted by atomic mass is 19.1. The molecule has 0 amide bonds. The molecule has 0 saturated heterocycles. The predicted molar refractivity (Wildman–Crippen MR) is 49.3 cm³/mol. The molecule has 76 valence electrons. The SMILES string of the molecule is COc1ccc(F)c(OC)c1CC=O. The summed E-state index contributed by atoms with van der Waals surface area (Å²) in [5.41, 5.74) is 0.435. The predicted octanol–water partition coefficient (Wildman–Crippen LogP) is 1.58. The van der Waals surface area contributed by atoms with Crippen LogP contribution in [0.15, 0.2) is 12.1 Å². The molecule has 1 aromatic carbocycles. The van der Waals surface area contributed by atoms with E-state index in [-0.39, 0.29) is 12.2 Å². The van der Waals surface area contributed by atoms with Crippen molar-refractivity contribution in [3.05, 3.63) is 23.5 Å². The fourth-order valence-corrected chi connectivity index (χ4v) is 1.27. The van der Waals surface area contributed by atoms with E-state index >= 15 is 0 Å². The Balaban J connectivity index is 3.27. The topological polar surface area (TPSA) is 35.5 Å². The van der Waals surface area contributed by atoms with Crippen molar-refractivity contribution >= 4 is 6.29 Å². The van der Waals surface area contributed by atoms with Gasteiger partial charge in [-0.2, -0.15) is 0 Å². The highest BCUT2D eigenvalue weighted by Crippen LogP contribution is 2.30. The number of aldehydes is 1. The van der Waals surface area contributed by atoms with Crippen LogP contribution in [0.25, 0.3) is 0 Å². The number of halogens is 1. The van der Waals surface area contributed by atoms with E-state index < -0.39 is 5.82 Å². The lowest BCUT2D eigenvalue weighted by Gasteiger charge is -2.11. The lowest BCUT2D eigenvalue weighted by molar-refractivity contribution is -0.107. The number of hydrogen-bond donors (Lipinski definition) is 0. The molecule has 0 bridgehead atoms. The first kappa shape index (κ1) is 10.5. The zero-order chi connectivity index (χ0) is 10.6. The second-order valence-corrected chi connectivity index (χ2v) is 2.63. The Morgan fingerprint density at radius 2 is 2.07 bits per heavy atom. The maximum atomic E-state index is 13.2. The van der Waals surface area contributed by atoms with Gasteiger partial charge >= 0.3 is 0 Å². The zero-order valence-electron chi connectivity index (χ0n) is 8.04. The quantitative estimate of drug-likeness (QED) is 0.689. The van der Waals surface area contributed by atoms with Crippen LogP contribution in [0.4, 0.5) is 4.39 Å². The summed E-state index contributed by atoms with van der Waals surface area (Å²) >= 11 is 0. The molecule has 1 aromatic rings. The van der Waals surface area contributed by atoms with E-state index in [9.17, 15) is 9.18 Å². The molecule has 4 heteroatoms. The number of methoxy groups -OCH3 is 2. The lowest BCUT2D eigenvalue weighted by atomic mass is 10.1. The average molecular weight is 198 g/mol. The van der Waals surface area contributed by atoms with E-state index in [1.807, 2.05) is 0 Å². The Morgan fingerprint density at radius 3 is 2.57 bits per heavy atom. The van der Waals surface area contributed by atoms with Gasteiger partial charge in [0.05, 0.1) is 14.2 Å². The van der Waals surface area contributed by atoms with Crippen LogP contribution in [-0.4, -0.2) is 20.5 Å². The van der Waals surface area contributed by atoms with E-state index in [1.165, 1.54) is 26.4 Å². The van der Waals surface area contributed by atoms with Crippen molar-refractivity contribution < 1.29 is 18.7 Å². The van der Waals surface area contributed by atoms with E-state index in [2.05, 4.69) is 0 Å². The van der Waals surface area contributed by atoms with Crippen molar-refractivity contribution in [2.75, 3.05) is 14.2 Å². The number of hydrogen-bond acceptors (Lipinski definition) is 3. The first-order chi connectivity index (χ1) is 6.74. The van der Waals surface area contributed by atoms with Crippen LogP contribution in [0.1, 0.15) is 5.56 Å². The Labute approximate surface area is 81.4 Å². The molecule has 0 heterocycles. The van der Waals surface area contributed by atoms with Gasteiger partial charge in [-0.1, -0.05) is 0 Å². The Hall–Kier alpha value is -1.58. The summed E-state index contributed by atoms with van der Waals surface area (Å²) in [5, 5.41) is 0. The first-order valence-corrected chi connectivity index (χ1v) is 4.07. The zero-order valence-corrected chi connectivity index (χ0v) is 8.04. The average Bonchev–Trinajstić information content (AvgIpc) is 2.19. The Morgan fingerprint density at radius 1 is 1.36 bits per heavy atom. The summed E-state index contributed by atoms with van der Waals surface area (Å²) in [6, 6.07) is 2.71. The second kappa shape index (κ2) is 4.60. The normalized spacial score (nSPS) is 9.64. The lowest BCUT2D eigenvalue weighted by Crippen LogP contribution is -1.99. The molecule has 0 spiro atoms. The Kier molecular flexibility index (Phi) is 3.45. The van der Waals surface area contributed by atoms with Gasteiger partial charge in [-0.25, -0.2) is 4.39 Å². The van der Waals surface area contributed by atoms with Crippen LogP contribution in [0.2, 0.25) is 0 Å². The summed E-state index contributed by atoms with van der Waals surface area (Å²) in [6.45, 7) is 0. The summed E-state index contributed by atoms with van der Waals surface area (Å²) in [4.78, 5) is 10.4. The number of carbonyl (C=O) groups excluding carboxylic acids is 1. The summed E-state index contributed by atoms with van der Waals surface area (Å²) in [7, 11) is 2.81. The molecule has 0 aliphatic heterocycles. The van der Waals surface area contributed by atoms with Crippen LogP contribution < -0.4 is 9.47 Å². The number of benzene rings is 1. The summed E-state index contributed by atoms with van der Waals surface area (Å²) < 4.78 is 23.0. The molecule has 0 saturated carbocycles. The Bertz CT molecular complexity index is 336. The molecular formula is C10H11FO3. The number of rotatable bonds is 4. The van der Waals surface area contributed by atoms with Gasteiger partial charge in [0.15, 0.2) is 11.6 Å². The van der Waals surface area contributed by atoms with Crippen LogP contribution >= 0.6 is 0 Å². The van der Waals surface area contributed by atoms with E-state index in [1.54, 1.807) is 0 Å². The fourth-order valence-electron chi connectivity index (χ4n) is 1.27. The highest BCUT2D eigenvalue weighted by molar-refractivity contribution is 5.61. The van der Waals surface area contributed by atoms with Crippen LogP contribution in [-0.2, 0) is 11.2 Å². The van der Waals surface area contributed by atoms with Crippen molar-refractivity contribution in [1.29, 1.82) is 0 Å². The smallest absolute Gasteiger partial charge is 0.165 e. The molecule has 0 aliphatic rings. The van der Waals surface area contributed by atoms with E-state index in [0.717, 1.165) is 0 Å². The third kappa shape index (κ3) is 1.84. The van der Waals surface area contributed by atoms with Gasteiger partial charge < -0.3 is 14.3 Å². The minimum Gasteiger partial charge on any atom is -0.496 e. The van der Waals surface area contributed by atoms with Gasteiger partial charge in [0.2, 0.25) is 0 Å². The van der Waals surface area contributed by atoms with Crippen LogP contribution in [0.3, 0.4) is 0 Å². The summed E-state index contributed by atoms with van der Waals surface area (Å²) in [6.07, 6.45) is 0.754. The van der Waals surface area contributed by atoms with Crippen molar-refractivity contribution in [2.24, 2.45) is 0 Å². The van der Waals surface area contributed by atoms with Crippen molar-refractivity contribution in [3.63, 3.8) is 0 Å². The molecule has 0 aromatic heterocycles. The molecule has 0 aliphatic carbocycles. The van der Waals surface area contributed by atoms with Crippen LogP contribution in [0, 0.1) is 5.82 Å². The molecule has 0 radical (unpaired) electrons. The first-order valence-electron chi connectivity index (χ1n) is 4.07. The molecule has 0 N–H and O–H groups in total. The third-order valence-corrected chi connectivity index (χ3v) is 1.88. The largest absolute Gasteiger partial charge is 0.496 e.